The molecular formula is C13H20BrN3. The molecule has 1 aliphatic rings. The summed E-state index contributed by atoms with van der Waals surface area (Å²) in [4.78, 5) is 6.82. The zero-order valence-electron chi connectivity index (χ0n) is 10.5. The number of anilines is 1. The second-order valence-corrected chi connectivity index (χ2v) is 5.85. The van der Waals surface area contributed by atoms with Gasteiger partial charge in [0.15, 0.2) is 0 Å². The van der Waals surface area contributed by atoms with E-state index in [4.69, 9.17) is 0 Å². The van der Waals surface area contributed by atoms with Crippen molar-refractivity contribution >= 4 is 21.7 Å². The molecule has 0 bridgehead atoms. The molecule has 94 valence electrons. The summed E-state index contributed by atoms with van der Waals surface area (Å²) in [6, 6.07) is 2.10. The normalized spacial score (nSPS) is 21.5. The van der Waals surface area contributed by atoms with Gasteiger partial charge in [0.2, 0.25) is 0 Å². The zero-order valence-corrected chi connectivity index (χ0v) is 12.1. The van der Waals surface area contributed by atoms with Crippen molar-refractivity contribution in [2.75, 3.05) is 32.0 Å². The first-order valence-corrected chi connectivity index (χ1v) is 6.99. The minimum Gasteiger partial charge on any atom is -0.369 e. The highest BCUT2D eigenvalue weighted by molar-refractivity contribution is 9.10. The Morgan fingerprint density at radius 1 is 1.59 bits per heavy atom. The molecule has 2 heterocycles. The molecule has 0 saturated carbocycles. The summed E-state index contributed by atoms with van der Waals surface area (Å²) in [5.41, 5.74) is 1.18. The SMILES string of the molecule is Cc1cnc(NCC2CCCN(C)C2)c(Br)c1. The molecule has 1 aromatic heterocycles. The van der Waals surface area contributed by atoms with Gasteiger partial charge in [-0.1, -0.05) is 0 Å². The van der Waals surface area contributed by atoms with Crippen molar-refractivity contribution < 1.29 is 0 Å². The van der Waals surface area contributed by atoms with Crippen LogP contribution >= 0.6 is 15.9 Å². The highest BCUT2D eigenvalue weighted by Gasteiger charge is 2.17. The molecule has 4 heteroatoms. The number of rotatable bonds is 3. The zero-order chi connectivity index (χ0) is 12.3. The summed E-state index contributed by atoms with van der Waals surface area (Å²) in [5, 5.41) is 3.45. The third kappa shape index (κ3) is 3.68. The van der Waals surface area contributed by atoms with Crippen molar-refractivity contribution in [1.29, 1.82) is 0 Å². The van der Waals surface area contributed by atoms with E-state index < -0.39 is 0 Å². The summed E-state index contributed by atoms with van der Waals surface area (Å²) < 4.78 is 1.06. The number of halogens is 1. The molecule has 0 spiro atoms. The van der Waals surface area contributed by atoms with Gasteiger partial charge < -0.3 is 10.2 Å². The molecule has 2 rings (SSSR count). The Morgan fingerprint density at radius 3 is 3.12 bits per heavy atom. The maximum Gasteiger partial charge on any atom is 0.140 e. The quantitative estimate of drug-likeness (QED) is 0.930. The smallest absolute Gasteiger partial charge is 0.140 e. The fourth-order valence-corrected chi connectivity index (χ4v) is 2.95. The number of hydrogen-bond acceptors (Lipinski definition) is 3. The fraction of sp³-hybridized carbons (Fsp3) is 0.615. The van der Waals surface area contributed by atoms with E-state index >= 15 is 0 Å². The molecule has 1 aliphatic heterocycles. The van der Waals surface area contributed by atoms with Crippen LogP contribution in [0.5, 0.6) is 0 Å². The third-order valence-electron chi connectivity index (χ3n) is 3.26. The van der Waals surface area contributed by atoms with Crippen molar-refractivity contribution in [2.24, 2.45) is 5.92 Å². The van der Waals surface area contributed by atoms with Gasteiger partial charge in [0.1, 0.15) is 5.82 Å². The summed E-state index contributed by atoms with van der Waals surface area (Å²) in [6.07, 6.45) is 4.53. The molecule has 1 unspecified atom stereocenters. The van der Waals surface area contributed by atoms with Crippen LogP contribution in [-0.2, 0) is 0 Å². The first kappa shape index (κ1) is 12.8. The van der Waals surface area contributed by atoms with E-state index in [-0.39, 0.29) is 0 Å². The molecule has 1 N–H and O–H groups in total. The fourth-order valence-electron chi connectivity index (χ4n) is 2.34. The number of nitrogens with one attached hydrogen (secondary N) is 1. The van der Waals surface area contributed by atoms with Gasteiger partial charge >= 0.3 is 0 Å². The molecule has 1 aromatic rings. The lowest BCUT2D eigenvalue weighted by molar-refractivity contribution is 0.217. The Balaban J connectivity index is 1.88. The Morgan fingerprint density at radius 2 is 2.41 bits per heavy atom. The summed E-state index contributed by atoms with van der Waals surface area (Å²) in [6.45, 7) is 5.50. The molecule has 17 heavy (non-hydrogen) atoms. The van der Waals surface area contributed by atoms with Crippen LogP contribution in [0.25, 0.3) is 0 Å². The number of likely N-dealkylation sites (tertiary alicyclic amines) is 1. The van der Waals surface area contributed by atoms with Crippen LogP contribution in [0.1, 0.15) is 18.4 Å². The average Bonchev–Trinajstić information content (AvgIpc) is 2.28. The summed E-state index contributed by atoms with van der Waals surface area (Å²) >= 11 is 3.55. The van der Waals surface area contributed by atoms with Gasteiger partial charge in [-0.15, -0.1) is 0 Å². The Bertz CT molecular complexity index is 381. The first-order valence-electron chi connectivity index (χ1n) is 6.19. The number of aromatic nitrogens is 1. The molecule has 0 aliphatic carbocycles. The van der Waals surface area contributed by atoms with Gasteiger partial charge in [0.25, 0.3) is 0 Å². The number of piperidine rings is 1. The Labute approximate surface area is 112 Å². The largest absolute Gasteiger partial charge is 0.369 e. The lowest BCUT2D eigenvalue weighted by atomic mass is 9.98. The maximum absolute atomic E-state index is 4.41. The van der Waals surface area contributed by atoms with E-state index in [2.05, 4.69) is 51.2 Å². The van der Waals surface area contributed by atoms with Gasteiger partial charge in [-0.25, -0.2) is 4.98 Å². The lowest BCUT2D eigenvalue weighted by Crippen LogP contribution is -2.35. The second kappa shape index (κ2) is 5.83. The monoisotopic (exact) mass is 297 g/mol. The van der Waals surface area contributed by atoms with Gasteiger partial charge in [-0.2, -0.15) is 0 Å². The molecule has 3 nitrogen and oxygen atoms in total. The van der Waals surface area contributed by atoms with Gasteiger partial charge in [-0.05, 0) is 66.8 Å². The lowest BCUT2D eigenvalue weighted by Gasteiger charge is -2.29. The maximum atomic E-state index is 4.41. The van der Waals surface area contributed by atoms with E-state index in [9.17, 15) is 0 Å². The summed E-state index contributed by atoms with van der Waals surface area (Å²) in [5.74, 6) is 1.70. The van der Waals surface area contributed by atoms with Crippen LogP contribution in [0.3, 0.4) is 0 Å². The van der Waals surface area contributed by atoms with Crippen molar-refractivity contribution in [2.45, 2.75) is 19.8 Å². The molecule has 0 amide bonds. The van der Waals surface area contributed by atoms with Gasteiger partial charge in [-0.3, -0.25) is 0 Å². The predicted molar refractivity (Wildman–Crippen MR) is 75.4 cm³/mol. The van der Waals surface area contributed by atoms with Crippen LogP contribution < -0.4 is 5.32 Å². The second-order valence-electron chi connectivity index (χ2n) is 4.99. The summed E-state index contributed by atoms with van der Waals surface area (Å²) in [7, 11) is 2.20. The molecule has 1 atom stereocenters. The van der Waals surface area contributed by atoms with Crippen LogP contribution in [0.15, 0.2) is 16.7 Å². The van der Waals surface area contributed by atoms with Crippen molar-refractivity contribution in [1.82, 2.24) is 9.88 Å². The third-order valence-corrected chi connectivity index (χ3v) is 3.86. The number of pyridine rings is 1. The van der Waals surface area contributed by atoms with E-state index in [0.29, 0.717) is 0 Å². The molecule has 1 saturated heterocycles. The van der Waals surface area contributed by atoms with Gasteiger partial charge in [0, 0.05) is 19.3 Å². The van der Waals surface area contributed by atoms with Crippen molar-refractivity contribution in [3.05, 3.63) is 22.3 Å². The standard InChI is InChI=1S/C13H20BrN3/c1-10-6-12(14)13(15-7-10)16-8-11-4-3-5-17(2)9-11/h6-7,11H,3-5,8-9H2,1-2H3,(H,15,16). The van der Waals surface area contributed by atoms with Crippen LogP contribution in [0, 0.1) is 12.8 Å². The van der Waals surface area contributed by atoms with Crippen molar-refractivity contribution in [3.63, 3.8) is 0 Å². The van der Waals surface area contributed by atoms with E-state index in [1.165, 1.54) is 31.5 Å². The highest BCUT2D eigenvalue weighted by atomic mass is 79.9. The molecule has 0 radical (unpaired) electrons. The molecule has 1 fully saturated rings. The first-order chi connectivity index (χ1) is 8.15. The van der Waals surface area contributed by atoms with E-state index in [1.54, 1.807) is 0 Å². The number of aryl methyl sites for hydroxylation is 1. The topological polar surface area (TPSA) is 28.2 Å². The van der Waals surface area contributed by atoms with Crippen LogP contribution in [-0.4, -0.2) is 36.6 Å². The predicted octanol–water partition coefficient (Wildman–Crippen LogP) is 2.91. The molecule has 0 aromatic carbocycles. The van der Waals surface area contributed by atoms with E-state index in [0.717, 1.165) is 22.8 Å². The average molecular weight is 298 g/mol. The molecular weight excluding hydrogens is 278 g/mol. The van der Waals surface area contributed by atoms with Crippen LogP contribution in [0.4, 0.5) is 5.82 Å². The highest BCUT2D eigenvalue weighted by Crippen LogP contribution is 2.22. The Hall–Kier alpha value is -0.610. The Kier molecular flexibility index (Phi) is 4.40. The number of nitrogens with zero attached hydrogens (tertiary/aromatic N) is 2. The number of hydrogen-bond donors (Lipinski definition) is 1. The van der Waals surface area contributed by atoms with Gasteiger partial charge in [0.05, 0.1) is 4.47 Å². The van der Waals surface area contributed by atoms with Crippen LogP contribution in [0.2, 0.25) is 0 Å². The van der Waals surface area contributed by atoms with Crippen molar-refractivity contribution in [3.8, 4) is 0 Å². The minimum absolute atomic E-state index is 0.740. The van der Waals surface area contributed by atoms with E-state index in [1.807, 2.05) is 6.20 Å². The minimum atomic E-state index is 0.740.